The predicted octanol–water partition coefficient (Wildman–Crippen LogP) is 6.72. The number of benzene rings is 2. The number of nitrogens with one attached hydrogen (secondary N) is 1. The summed E-state index contributed by atoms with van der Waals surface area (Å²) < 4.78 is 0. The highest BCUT2D eigenvalue weighted by Crippen LogP contribution is 2.25. The van der Waals surface area contributed by atoms with Crippen molar-refractivity contribution in [3.05, 3.63) is 77.9 Å². The van der Waals surface area contributed by atoms with Gasteiger partial charge in [-0.2, -0.15) is 5.26 Å². The maximum absolute atomic E-state index is 9.40. The van der Waals surface area contributed by atoms with Gasteiger partial charge in [0, 0.05) is 30.3 Å². The summed E-state index contributed by atoms with van der Waals surface area (Å²) in [4.78, 5) is 13.9. The van der Waals surface area contributed by atoms with E-state index in [0.29, 0.717) is 12.0 Å². The van der Waals surface area contributed by atoms with Crippen LogP contribution in [0.3, 0.4) is 0 Å². The van der Waals surface area contributed by atoms with Crippen molar-refractivity contribution in [2.75, 3.05) is 18.1 Å². The number of carbonyl (C=O) groups excluding carboxylic acids is 1. The maximum atomic E-state index is 9.40. The van der Waals surface area contributed by atoms with Crippen LogP contribution in [0.4, 0.5) is 5.69 Å². The molecule has 31 heavy (non-hydrogen) atoms. The van der Waals surface area contributed by atoms with Crippen LogP contribution in [0.25, 0.3) is 10.9 Å². The Balaban J connectivity index is 0.000000287. The van der Waals surface area contributed by atoms with Crippen LogP contribution >= 0.6 is 11.8 Å². The molecule has 0 saturated heterocycles. The smallest absolute Gasteiger partial charge is 0.119 e. The Bertz CT molecular complexity index is 1010. The van der Waals surface area contributed by atoms with E-state index in [9.17, 15) is 4.79 Å². The third kappa shape index (κ3) is 9.50. The average molecular weight is 434 g/mol. The Morgan fingerprint density at radius 3 is 2.32 bits per heavy atom. The van der Waals surface area contributed by atoms with Crippen LogP contribution in [0.2, 0.25) is 0 Å². The quantitative estimate of drug-likeness (QED) is 0.266. The van der Waals surface area contributed by atoms with E-state index in [2.05, 4.69) is 54.1 Å². The number of thioether (sulfide) groups is 1. The minimum absolute atomic E-state index is 0.634. The number of aromatic nitrogens is 1. The topological polar surface area (TPSA) is 65.8 Å². The monoisotopic (exact) mass is 433 g/mol. The van der Waals surface area contributed by atoms with E-state index in [4.69, 9.17) is 5.26 Å². The number of pyridine rings is 1. The zero-order chi connectivity index (χ0) is 23.1. The number of unbranched alkanes of at least 4 members (excludes halogenated alkanes) is 1. The first-order chi connectivity index (χ1) is 15.0. The molecule has 2 aromatic carbocycles. The summed E-state index contributed by atoms with van der Waals surface area (Å²) >= 11 is 1.54. The van der Waals surface area contributed by atoms with E-state index in [1.54, 1.807) is 0 Å². The van der Waals surface area contributed by atoms with E-state index in [-0.39, 0.29) is 0 Å². The number of fused-ring (bicyclic) bond motifs is 1. The van der Waals surface area contributed by atoms with Crippen molar-refractivity contribution in [1.29, 1.82) is 5.26 Å². The second-order valence-corrected chi connectivity index (χ2v) is 7.83. The van der Waals surface area contributed by atoms with Gasteiger partial charge in [0.05, 0.1) is 11.1 Å². The van der Waals surface area contributed by atoms with Crippen LogP contribution in [0.1, 0.15) is 36.5 Å². The van der Waals surface area contributed by atoms with Crippen LogP contribution in [0.15, 0.2) is 66.2 Å². The summed E-state index contributed by atoms with van der Waals surface area (Å²) in [5.74, 6) is 0.763. The first kappa shape index (κ1) is 25.9. The lowest BCUT2D eigenvalue weighted by Crippen LogP contribution is -1.90. The van der Waals surface area contributed by atoms with Gasteiger partial charge in [-0.25, -0.2) is 4.98 Å². The van der Waals surface area contributed by atoms with Gasteiger partial charge in [0.2, 0.25) is 0 Å². The molecule has 0 aliphatic heterocycles. The summed E-state index contributed by atoms with van der Waals surface area (Å²) in [7, 11) is 1.92. The van der Waals surface area contributed by atoms with Crippen LogP contribution in [0, 0.1) is 25.2 Å². The summed E-state index contributed by atoms with van der Waals surface area (Å²) in [6.07, 6.45) is 4.43. The number of carbonyl (C=O) groups is 1. The SMILES string of the molecule is C=CCSc1nc2ccc(C)cc2cc1C#N.CCCC=O.CNc1ccc(C)cc1. The number of anilines is 1. The fraction of sp³-hybridized carbons (Fsp3) is 0.269. The molecular formula is C26H31N3OS. The van der Waals surface area contributed by atoms with Gasteiger partial charge in [-0.3, -0.25) is 0 Å². The molecule has 0 atom stereocenters. The lowest BCUT2D eigenvalue weighted by atomic mass is 10.1. The third-order valence-corrected chi connectivity index (χ3v) is 5.13. The normalized spacial score (nSPS) is 9.39. The van der Waals surface area contributed by atoms with E-state index < -0.39 is 0 Å². The van der Waals surface area contributed by atoms with Crippen LogP contribution in [0.5, 0.6) is 0 Å². The standard InChI is InChI=1S/C14H12N2S.C8H11N.C4H8O/c1-3-6-17-14-12(9-15)8-11-7-10(2)4-5-13(11)16-14;1-7-3-5-8(9-2)6-4-7;1-2-3-4-5/h3-5,7-8H,1,6H2,2H3;3-6,9H,1-2H3;4H,2-3H2,1H3. The maximum Gasteiger partial charge on any atom is 0.119 e. The van der Waals surface area contributed by atoms with Gasteiger partial charge in [0.25, 0.3) is 0 Å². The van der Waals surface area contributed by atoms with Crippen molar-refractivity contribution in [1.82, 2.24) is 4.98 Å². The fourth-order valence-corrected chi connectivity index (χ4v) is 3.14. The molecule has 162 valence electrons. The Morgan fingerprint density at radius 2 is 1.81 bits per heavy atom. The highest BCUT2D eigenvalue weighted by Gasteiger charge is 2.06. The van der Waals surface area contributed by atoms with Gasteiger partial charge >= 0.3 is 0 Å². The molecule has 0 radical (unpaired) electrons. The van der Waals surface area contributed by atoms with Crippen LogP contribution in [-0.2, 0) is 4.79 Å². The second-order valence-electron chi connectivity index (χ2n) is 6.82. The van der Waals surface area contributed by atoms with Gasteiger partial charge in [0.1, 0.15) is 17.4 Å². The minimum atomic E-state index is 0.634. The van der Waals surface area contributed by atoms with Crippen molar-refractivity contribution in [3.8, 4) is 6.07 Å². The van der Waals surface area contributed by atoms with Crippen LogP contribution < -0.4 is 5.32 Å². The Morgan fingerprint density at radius 1 is 1.13 bits per heavy atom. The summed E-state index contributed by atoms with van der Waals surface area (Å²) in [5.41, 5.74) is 5.21. The van der Waals surface area contributed by atoms with E-state index in [1.807, 2.05) is 51.2 Å². The largest absolute Gasteiger partial charge is 0.388 e. The number of aryl methyl sites for hydroxylation is 2. The fourth-order valence-electron chi connectivity index (χ4n) is 2.44. The predicted molar refractivity (Wildman–Crippen MR) is 134 cm³/mol. The van der Waals surface area contributed by atoms with E-state index >= 15 is 0 Å². The average Bonchev–Trinajstić information content (AvgIpc) is 2.79. The molecule has 0 bridgehead atoms. The summed E-state index contributed by atoms with van der Waals surface area (Å²) in [6.45, 7) is 9.77. The van der Waals surface area contributed by atoms with Crippen molar-refractivity contribution < 1.29 is 4.79 Å². The van der Waals surface area contributed by atoms with Crippen LogP contribution in [-0.4, -0.2) is 24.1 Å². The molecule has 5 heteroatoms. The Labute approximate surface area is 190 Å². The van der Waals surface area contributed by atoms with Crippen molar-refractivity contribution in [2.24, 2.45) is 0 Å². The molecule has 1 heterocycles. The molecule has 4 nitrogen and oxygen atoms in total. The molecule has 1 N–H and O–H groups in total. The number of aldehydes is 1. The second kappa shape index (κ2) is 14.8. The Hall–Kier alpha value is -3.10. The van der Waals surface area contributed by atoms with Crippen molar-refractivity contribution in [3.63, 3.8) is 0 Å². The highest BCUT2D eigenvalue weighted by atomic mass is 32.2. The van der Waals surface area contributed by atoms with E-state index in [0.717, 1.165) is 34.4 Å². The van der Waals surface area contributed by atoms with E-state index in [1.165, 1.54) is 28.6 Å². The number of hydrogen-bond acceptors (Lipinski definition) is 5. The van der Waals surface area contributed by atoms with Gasteiger partial charge in [-0.15, -0.1) is 18.3 Å². The van der Waals surface area contributed by atoms with Gasteiger partial charge in [0.15, 0.2) is 0 Å². The molecule has 0 aliphatic rings. The molecule has 0 aliphatic carbocycles. The lowest BCUT2D eigenvalue weighted by molar-refractivity contribution is -0.107. The van der Waals surface area contributed by atoms with Gasteiger partial charge in [-0.05, 0) is 50.6 Å². The number of nitriles is 1. The molecule has 0 spiro atoms. The Kier molecular flexibility index (Phi) is 12.4. The third-order valence-electron chi connectivity index (χ3n) is 4.14. The molecular weight excluding hydrogens is 402 g/mol. The molecule has 0 saturated carbocycles. The molecule has 0 unspecified atom stereocenters. The molecule has 0 amide bonds. The first-order valence-electron chi connectivity index (χ1n) is 10.2. The molecule has 1 aromatic heterocycles. The summed E-state index contributed by atoms with van der Waals surface area (Å²) in [6, 6.07) is 18.5. The van der Waals surface area contributed by atoms with Gasteiger partial charge < -0.3 is 10.1 Å². The number of hydrogen-bond donors (Lipinski definition) is 1. The zero-order valence-electron chi connectivity index (χ0n) is 18.8. The highest BCUT2D eigenvalue weighted by molar-refractivity contribution is 7.99. The number of nitrogens with zero attached hydrogens (tertiary/aromatic N) is 2. The molecule has 3 rings (SSSR count). The van der Waals surface area contributed by atoms with Crippen molar-refractivity contribution >= 4 is 34.6 Å². The zero-order valence-corrected chi connectivity index (χ0v) is 19.6. The summed E-state index contributed by atoms with van der Waals surface area (Å²) in [5, 5.41) is 14.0. The molecule has 3 aromatic rings. The number of rotatable bonds is 6. The van der Waals surface area contributed by atoms with Crippen molar-refractivity contribution in [2.45, 2.75) is 38.6 Å². The molecule has 0 fully saturated rings. The first-order valence-corrected chi connectivity index (χ1v) is 11.2. The van der Waals surface area contributed by atoms with Gasteiger partial charge in [-0.1, -0.05) is 42.3 Å². The lowest BCUT2D eigenvalue weighted by Gasteiger charge is -2.04. The minimum Gasteiger partial charge on any atom is -0.388 e.